The van der Waals surface area contributed by atoms with Crippen LogP contribution in [-0.2, 0) is 23.1 Å². The summed E-state index contributed by atoms with van der Waals surface area (Å²) in [4.78, 5) is 29.8. The van der Waals surface area contributed by atoms with Crippen molar-refractivity contribution in [3.05, 3.63) is 47.8 Å². The molecular formula is C23H31N3O5. The molecule has 0 N–H and O–H groups in total. The molecule has 0 unspecified atom stereocenters. The largest absolute Gasteiger partial charge is 0.454 e. The number of unbranched alkanes of at least 4 members (excludes halogenated alkanes) is 1. The number of rotatable bonds is 11. The van der Waals surface area contributed by atoms with Crippen LogP contribution in [0.5, 0.6) is 11.5 Å². The highest BCUT2D eigenvalue weighted by molar-refractivity contribution is 5.97. The quantitative estimate of drug-likeness (QED) is 0.549. The normalized spacial score (nSPS) is 12.1. The molecule has 0 fully saturated rings. The van der Waals surface area contributed by atoms with Gasteiger partial charge in [-0.2, -0.15) is 0 Å². The Balaban J connectivity index is 1.74. The summed E-state index contributed by atoms with van der Waals surface area (Å²) in [7, 11) is 3.54. The average molecular weight is 430 g/mol. The monoisotopic (exact) mass is 429 g/mol. The van der Waals surface area contributed by atoms with E-state index in [-0.39, 0.29) is 25.2 Å². The number of benzene rings is 1. The van der Waals surface area contributed by atoms with E-state index in [9.17, 15) is 9.59 Å². The van der Waals surface area contributed by atoms with Crippen LogP contribution in [0.3, 0.4) is 0 Å². The van der Waals surface area contributed by atoms with E-state index in [0.717, 1.165) is 18.5 Å². The van der Waals surface area contributed by atoms with Crippen LogP contribution in [0, 0.1) is 0 Å². The third-order valence-corrected chi connectivity index (χ3v) is 5.34. The van der Waals surface area contributed by atoms with Crippen molar-refractivity contribution in [3.8, 4) is 11.5 Å². The summed E-state index contributed by atoms with van der Waals surface area (Å²) in [6.45, 7) is 4.06. The number of hydrogen-bond acceptors (Lipinski definition) is 5. The average Bonchev–Trinajstić information content (AvgIpc) is 3.41. The van der Waals surface area contributed by atoms with Gasteiger partial charge < -0.3 is 28.6 Å². The minimum atomic E-state index is -0.238. The first-order chi connectivity index (χ1) is 15.0. The Morgan fingerprint density at radius 3 is 2.65 bits per heavy atom. The van der Waals surface area contributed by atoms with E-state index >= 15 is 0 Å². The molecule has 0 saturated heterocycles. The maximum Gasteiger partial charge on any atom is 0.254 e. The Morgan fingerprint density at radius 2 is 1.94 bits per heavy atom. The van der Waals surface area contributed by atoms with Crippen LogP contribution in [0.25, 0.3) is 0 Å². The molecule has 2 heterocycles. The van der Waals surface area contributed by atoms with Crippen molar-refractivity contribution in [2.75, 3.05) is 40.1 Å². The SMILES string of the molecule is CCCCN(Cc1cccn1C)C(=O)CN(CCOC)C(=O)c1ccc2c(c1)OCO2. The summed E-state index contributed by atoms with van der Waals surface area (Å²) >= 11 is 0. The van der Waals surface area contributed by atoms with Crippen molar-refractivity contribution in [1.29, 1.82) is 0 Å². The fourth-order valence-electron chi connectivity index (χ4n) is 3.43. The first-order valence-corrected chi connectivity index (χ1v) is 10.6. The summed E-state index contributed by atoms with van der Waals surface area (Å²) < 4.78 is 17.9. The van der Waals surface area contributed by atoms with Crippen LogP contribution in [0.1, 0.15) is 35.8 Å². The molecule has 0 aliphatic carbocycles. The van der Waals surface area contributed by atoms with E-state index < -0.39 is 0 Å². The van der Waals surface area contributed by atoms with E-state index in [1.54, 1.807) is 25.3 Å². The van der Waals surface area contributed by atoms with Crippen molar-refractivity contribution < 1.29 is 23.8 Å². The Morgan fingerprint density at radius 1 is 1.13 bits per heavy atom. The number of aryl methyl sites for hydroxylation is 1. The lowest BCUT2D eigenvalue weighted by molar-refractivity contribution is -0.132. The lowest BCUT2D eigenvalue weighted by atomic mass is 10.1. The summed E-state index contributed by atoms with van der Waals surface area (Å²) in [5.41, 5.74) is 1.51. The smallest absolute Gasteiger partial charge is 0.254 e. The van der Waals surface area contributed by atoms with E-state index in [2.05, 4.69) is 6.92 Å². The van der Waals surface area contributed by atoms with Gasteiger partial charge in [-0.15, -0.1) is 0 Å². The Kier molecular flexibility index (Phi) is 7.94. The van der Waals surface area contributed by atoms with Gasteiger partial charge in [0.2, 0.25) is 12.7 Å². The first-order valence-electron chi connectivity index (χ1n) is 10.6. The minimum Gasteiger partial charge on any atom is -0.454 e. The van der Waals surface area contributed by atoms with Crippen molar-refractivity contribution in [3.63, 3.8) is 0 Å². The highest BCUT2D eigenvalue weighted by Crippen LogP contribution is 2.32. The molecule has 31 heavy (non-hydrogen) atoms. The molecule has 0 spiro atoms. The predicted octanol–water partition coefficient (Wildman–Crippen LogP) is 2.67. The second-order valence-electron chi connectivity index (χ2n) is 7.57. The second kappa shape index (κ2) is 10.9. The molecule has 8 nitrogen and oxygen atoms in total. The number of hydrogen-bond donors (Lipinski definition) is 0. The molecule has 0 radical (unpaired) electrons. The Hall–Kier alpha value is -3.00. The van der Waals surface area contributed by atoms with Gasteiger partial charge in [0.05, 0.1) is 13.2 Å². The molecule has 2 aromatic rings. The highest BCUT2D eigenvalue weighted by atomic mass is 16.7. The van der Waals surface area contributed by atoms with Crippen LogP contribution in [0.4, 0.5) is 0 Å². The predicted molar refractivity (Wildman–Crippen MR) is 116 cm³/mol. The zero-order valence-corrected chi connectivity index (χ0v) is 18.5. The molecule has 1 aliphatic heterocycles. The topological polar surface area (TPSA) is 73.2 Å². The van der Waals surface area contributed by atoms with Crippen LogP contribution < -0.4 is 9.47 Å². The summed E-state index contributed by atoms with van der Waals surface area (Å²) in [5, 5.41) is 0. The Labute approximate surface area is 183 Å². The van der Waals surface area contributed by atoms with Crippen LogP contribution in [0.15, 0.2) is 36.5 Å². The van der Waals surface area contributed by atoms with Crippen molar-refractivity contribution in [1.82, 2.24) is 14.4 Å². The van der Waals surface area contributed by atoms with Gasteiger partial charge in [-0.3, -0.25) is 9.59 Å². The van der Waals surface area contributed by atoms with E-state index in [1.807, 2.05) is 34.8 Å². The van der Waals surface area contributed by atoms with Crippen molar-refractivity contribution in [2.45, 2.75) is 26.3 Å². The zero-order valence-electron chi connectivity index (χ0n) is 18.5. The fraction of sp³-hybridized carbons (Fsp3) is 0.478. The highest BCUT2D eigenvalue weighted by Gasteiger charge is 2.24. The van der Waals surface area contributed by atoms with Gasteiger partial charge in [0.1, 0.15) is 6.54 Å². The van der Waals surface area contributed by atoms with Crippen LogP contribution in [0.2, 0.25) is 0 Å². The van der Waals surface area contributed by atoms with Crippen molar-refractivity contribution in [2.24, 2.45) is 7.05 Å². The van der Waals surface area contributed by atoms with Gasteiger partial charge in [-0.05, 0) is 36.8 Å². The lowest BCUT2D eigenvalue weighted by Crippen LogP contribution is -2.44. The molecular weight excluding hydrogens is 398 g/mol. The lowest BCUT2D eigenvalue weighted by Gasteiger charge is -2.28. The number of carbonyl (C=O) groups is 2. The summed E-state index contributed by atoms with van der Waals surface area (Å²) in [5.74, 6) is 0.833. The maximum absolute atomic E-state index is 13.2. The number of carbonyl (C=O) groups excluding carboxylic acids is 2. The van der Waals surface area contributed by atoms with Crippen LogP contribution in [-0.4, -0.2) is 66.3 Å². The molecule has 0 atom stereocenters. The molecule has 1 aromatic heterocycles. The van der Waals surface area contributed by atoms with Gasteiger partial charge in [-0.1, -0.05) is 13.3 Å². The molecule has 0 saturated carbocycles. The maximum atomic E-state index is 13.2. The Bertz CT molecular complexity index is 895. The molecule has 8 heteroatoms. The van der Waals surface area contributed by atoms with Gasteiger partial charge >= 0.3 is 0 Å². The second-order valence-corrected chi connectivity index (χ2v) is 7.57. The first kappa shape index (κ1) is 22.7. The van der Waals surface area contributed by atoms with Gasteiger partial charge in [0.15, 0.2) is 11.5 Å². The number of nitrogens with zero attached hydrogens (tertiary/aromatic N) is 3. The summed E-state index contributed by atoms with van der Waals surface area (Å²) in [6.07, 6.45) is 3.86. The van der Waals surface area contributed by atoms with E-state index in [4.69, 9.17) is 14.2 Å². The molecule has 2 amide bonds. The summed E-state index contributed by atoms with van der Waals surface area (Å²) in [6, 6.07) is 9.04. The fourth-order valence-corrected chi connectivity index (χ4v) is 3.43. The zero-order chi connectivity index (χ0) is 22.2. The van der Waals surface area contributed by atoms with E-state index in [1.165, 1.54) is 4.90 Å². The van der Waals surface area contributed by atoms with Crippen molar-refractivity contribution >= 4 is 11.8 Å². The molecule has 0 bridgehead atoms. The molecule has 3 rings (SSSR count). The number of ether oxygens (including phenoxy) is 3. The molecule has 1 aliphatic rings. The number of methoxy groups -OCH3 is 1. The standard InChI is InChI=1S/C23H31N3O5/c1-4-5-11-25(15-19-7-6-10-24(19)2)22(27)16-26(12-13-29-3)23(28)18-8-9-20-21(14-18)31-17-30-20/h6-10,14H,4-5,11-13,15-17H2,1-3H3. The molecule has 168 valence electrons. The van der Waals surface area contributed by atoms with Gasteiger partial charge in [0.25, 0.3) is 5.91 Å². The third-order valence-electron chi connectivity index (χ3n) is 5.34. The van der Waals surface area contributed by atoms with Crippen LogP contribution >= 0.6 is 0 Å². The van der Waals surface area contributed by atoms with Gasteiger partial charge in [-0.25, -0.2) is 0 Å². The molecule has 1 aromatic carbocycles. The number of amides is 2. The van der Waals surface area contributed by atoms with Gasteiger partial charge in [0, 0.05) is 44.7 Å². The minimum absolute atomic E-state index is 0.00915. The third kappa shape index (κ3) is 5.79. The number of fused-ring (bicyclic) bond motifs is 1. The number of aromatic nitrogens is 1. The van der Waals surface area contributed by atoms with E-state index in [0.29, 0.717) is 43.3 Å².